The summed E-state index contributed by atoms with van der Waals surface area (Å²) in [7, 11) is 0. The van der Waals surface area contributed by atoms with E-state index in [0.29, 0.717) is 16.6 Å². The number of hydrogen-bond donors (Lipinski definition) is 1. The molecular formula is C21H21F2IO5. The van der Waals surface area contributed by atoms with Gasteiger partial charge in [-0.25, -0.2) is 13.6 Å². The third-order valence-corrected chi connectivity index (χ3v) is 5.19. The van der Waals surface area contributed by atoms with Crippen molar-refractivity contribution < 1.29 is 32.9 Å². The molecule has 1 saturated heterocycles. The highest BCUT2D eigenvalue weighted by atomic mass is 127. The topological polar surface area (TPSA) is 65.0 Å². The van der Waals surface area contributed by atoms with Crippen LogP contribution in [0.1, 0.15) is 41.8 Å². The van der Waals surface area contributed by atoms with Gasteiger partial charge in [0, 0.05) is 22.5 Å². The Morgan fingerprint density at radius 2 is 2.03 bits per heavy atom. The quantitative estimate of drug-likeness (QED) is 0.535. The normalized spacial score (nSPS) is 18.0. The smallest absolute Gasteiger partial charge is 0.339 e. The van der Waals surface area contributed by atoms with E-state index in [0.717, 1.165) is 12.1 Å². The lowest BCUT2D eigenvalue weighted by atomic mass is 9.98. The first kappa shape index (κ1) is 21.9. The number of halogens is 3. The van der Waals surface area contributed by atoms with E-state index in [2.05, 4.69) is 0 Å². The highest BCUT2D eigenvalue weighted by molar-refractivity contribution is 14.1. The first-order valence-corrected chi connectivity index (χ1v) is 10.2. The molecule has 156 valence electrons. The molecule has 3 rings (SSSR count). The molecule has 0 bridgehead atoms. The zero-order valence-corrected chi connectivity index (χ0v) is 18.2. The zero-order valence-electron chi connectivity index (χ0n) is 16.0. The Bertz CT molecular complexity index is 916. The van der Waals surface area contributed by atoms with Crippen LogP contribution in [0.3, 0.4) is 0 Å². The van der Waals surface area contributed by atoms with E-state index in [1.165, 1.54) is 6.07 Å². The minimum Gasteiger partial charge on any atom is -0.492 e. The Balaban J connectivity index is 1.79. The standard InChI is InChI=1S/C21H21F2IO5/c1-21(2)28-11-16(29-21)5-6-27-18-9-14(22)8-13(19(18)20(25)26)7-12-3-4-15(24)10-17(12)23/h3-4,8-10,16H,5-7,11H2,1-2H3,(H,25,26)/t16-/m1/s1. The van der Waals surface area contributed by atoms with E-state index in [9.17, 15) is 18.7 Å². The molecule has 1 fully saturated rings. The van der Waals surface area contributed by atoms with Gasteiger partial charge in [0.05, 0.1) is 19.3 Å². The lowest BCUT2D eigenvalue weighted by Gasteiger charge is -2.18. The van der Waals surface area contributed by atoms with E-state index in [1.54, 1.807) is 26.0 Å². The largest absolute Gasteiger partial charge is 0.492 e. The van der Waals surface area contributed by atoms with E-state index in [-0.39, 0.29) is 41.6 Å². The van der Waals surface area contributed by atoms with Gasteiger partial charge in [-0.3, -0.25) is 0 Å². The summed E-state index contributed by atoms with van der Waals surface area (Å²) < 4.78 is 45.8. The molecule has 8 heteroatoms. The van der Waals surface area contributed by atoms with E-state index in [4.69, 9.17) is 14.2 Å². The number of carboxylic acid groups (broad SMARTS) is 1. The van der Waals surface area contributed by atoms with E-state index >= 15 is 0 Å². The molecule has 1 aliphatic heterocycles. The Labute approximate surface area is 181 Å². The van der Waals surface area contributed by atoms with Crippen molar-refractivity contribution in [2.75, 3.05) is 13.2 Å². The van der Waals surface area contributed by atoms with Crippen molar-refractivity contribution >= 4 is 28.6 Å². The molecule has 0 spiro atoms. The Morgan fingerprint density at radius 1 is 1.28 bits per heavy atom. The first-order chi connectivity index (χ1) is 13.6. The summed E-state index contributed by atoms with van der Waals surface area (Å²) in [4.78, 5) is 11.8. The molecule has 0 amide bonds. The third-order valence-electron chi connectivity index (χ3n) is 4.52. The molecule has 0 radical (unpaired) electrons. The van der Waals surface area contributed by atoms with Gasteiger partial charge in [0.1, 0.15) is 22.9 Å². The second-order valence-electron chi connectivity index (χ2n) is 7.24. The van der Waals surface area contributed by atoms with Gasteiger partial charge in [-0.2, -0.15) is 0 Å². The number of carbonyl (C=O) groups is 1. The summed E-state index contributed by atoms with van der Waals surface area (Å²) in [6.45, 7) is 4.14. The second kappa shape index (κ2) is 8.93. The van der Waals surface area contributed by atoms with Gasteiger partial charge < -0.3 is 19.3 Å². The first-order valence-electron chi connectivity index (χ1n) is 9.09. The van der Waals surface area contributed by atoms with Gasteiger partial charge in [-0.15, -0.1) is 0 Å². The van der Waals surface area contributed by atoms with Gasteiger partial charge in [-0.05, 0) is 65.8 Å². The molecule has 1 atom stereocenters. The molecule has 0 unspecified atom stereocenters. The molecular weight excluding hydrogens is 497 g/mol. The fourth-order valence-corrected chi connectivity index (χ4v) is 3.66. The van der Waals surface area contributed by atoms with Crippen LogP contribution in [-0.2, 0) is 15.9 Å². The highest BCUT2D eigenvalue weighted by Crippen LogP contribution is 2.29. The van der Waals surface area contributed by atoms with Crippen LogP contribution < -0.4 is 4.74 Å². The van der Waals surface area contributed by atoms with Crippen molar-refractivity contribution in [1.82, 2.24) is 0 Å². The summed E-state index contributed by atoms with van der Waals surface area (Å²) in [5.74, 6) is -3.13. The fraction of sp³-hybridized carbons (Fsp3) is 0.381. The van der Waals surface area contributed by atoms with Crippen LogP contribution in [0.15, 0.2) is 30.3 Å². The summed E-state index contributed by atoms with van der Waals surface area (Å²) in [5.41, 5.74) is 0.255. The number of aromatic carboxylic acids is 1. The van der Waals surface area contributed by atoms with Gasteiger partial charge in [0.2, 0.25) is 0 Å². The van der Waals surface area contributed by atoms with Crippen LogP contribution in [0.2, 0.25) is 0 Å². The van der Waals surface area contributed by atoms with Crippen molar-refractivity contribution in [1.29, 1.82) is 0 Å². The van der Waals surface area contributed by atoms with Gasteiger partial charge in [0.15, 0.2) is 5.79 Å². The molecule has 5 nitrogen and oxygen atoms in total. The summed E-state index contributed by atoms with van der Waals surface area (Å²) in [6.07, 6.45) is 0.207. The van der Waals surface area contributed by atoms with Crippen molar-refractivity contribution in [2.45, 2.75) is 38.6 Å². The molecule has 1 heterocycles. The monoisotopic (exact) mass is 518 g/mol. The van der Waals surface area contributed by atoms with Gasteiger partial charge in [0.25, 0.3) is 0 Å². The van der Waals surface area contributed by atoms with Crippen LogP contribution in [-0.4, -0.2) is 36.2 Å². The second-order valence-corrected chi connectivity index (χ2v) is 8.49. The SMILES string of the molecule is CC1(C)OC[C@@H](CCOc2cc(F)cc(Cc3ccc(I)cc3F)c2C(=O)O)O1. The van der Waals surface area contributed by atoms with Crippen molar-refractivity contribution in [3.05, 3.63) is 62.2 Å². The minimum atomic E-state index is -1.26. The number of benzene rings is 2. The number of rotatable bonds is 7. The molecule has 1 N–H and O–H groups in total. The van der Waals surface area contributed by atoms with Crippen molar-refractivity contribution in [3.63, 3.8) is 0 Å². The van der Waals surface area contributed by atoms with E-state index < -0.39 is 23.4 Å². The Hall–Kier alpha value is -1.78. The average Bonchev–Trinajstić information content (AvgIpc) is 2.95. The lowest BCUT2D eigenvalue weighted by Crippen LogP contribution is -2.22. The third kappa shape index (κ3) is 5.64. The number of ether oxygens (including phenoxy) is 3. The van der Waals surface area contributed by atoms with E-state index in [1.807, 2.05) is 22.6 Å². The maximum Gasteiger partial charge on any atom is 0.339 e. The van der Waals surface area contributed by atoms with Crippen molar-refractivity contribution in [2.24, 2.45) is 0 Å². The molecule has 2 aromatic carbocycles. The van der Waals surface area contributed by atoms with Crippen LogP contribution in [0.4, 0.5) is 8.78 Å². The predicted octanol–water partition coefficient (Wildman–Crippen LogP) is 4.78. The lowest BCUT2D eigenvalue weighted by molar-refractivity contribution is -0.139. The molecule has 0 aromatic heterocycles. The fourth-order valence-electron chi connectivity index (χ4n) is 3.21. The predicted molar refractivity (Wildman–Crippen MR) is 110 cm³/mol. The molecule has 2 aromatic rings. The molecule has 29 heavy (non-hydrogen) atoms. The Kier molecular flexibility index (Phi) is 6.75. The maximum atomic E-state index is 14.2. The summed E-state index contributed by atoms with van der Waals surface area (Å²) in [5, 5.41) is 9.67. The summed E-state index contributed by atoms with van der Waals surface area (Å²) >= 11 is 1.98. The molecule has 1 aliphatic rings. The number of carboxylic acids is 1. The zero-order chi connectivity index (χ0) is 21.2. The van der Waals surface area contributed by atoms with Crippen LogP contribution in [0.5, 0.6) is 5.75 Å². The van der Waals surface area contributed by atoms with Crippen LogP contribution >= 0.6 is 22.6 Å². The van der Waals surface area contributed by atoms with Gasteiger partial charge >= 0.3 is 5.97 Å². The van der Waals surface area contributed by atoms with Gasteiger partial charge in [-0.1, -0.05) is 6.07 Å². The summed E-state index contributed by atoms with van der Waals surface area (Å²) in [6, 6.07) is 6.75. The van der Waals surface area contributed by atoms with Crippen molar-refractivity contribution in [3.8, 4) is 5.75 Å². The molecule has 0 saturated carbocycles. The molecule has 0 aliphatic carbocycles. The van der Waals surface area contributed by atoms with Crippen LogP contribution in [0.25, 0.3) is 0 Å². The maximum absolute atomic E-state index is 14.2. The van der Waals surface area contributed by atoms with Crippen LogP contribution in [0, 0.1) is 15.2 Å². The average molecular weight is 518 g/mol. The highest BCUT2D eigenvalue weighted by Gasteiger charge is 2.32. The minimum absolute atomic E-state index is 0.0632. The number of hydrogen-bond acceptors (Lipinski definition) is 4. The Morgan fingerprint density at radius 3 is 2.66 bits per heavy atom.